The third kappa shape index (κ3) is 2.23. The number of H-pyrrole nitrogens is 1. The van der Waals surface area contributed by atoms with Crippen molar-refractivity contribution in [3.05, 3.63) is 12.5 Å². The Kier molecular flexibility index (Phi) is 3.11. The van der Waals surface area contributed by atoms with Gasteiger partial charge in [-0.05, 0) is 6.42 Å². The summed E-state index contributed by atoms with van der Waals surface area (Å²) in [5.41, 5.74) is 0.781. The van der Waals surface area contributed by atoms with E-state index in [9.17, 15) is 0 Å². The van der Waals surface area contributed by atoms with Crippen molar-refractivity contribution in [2.75, 3.05) is 11.9 Å². The highest BCUT2D eigenvalue weighted by Crippen LogP contribution is 2.15. The Morgan fingerprint density at radius 2 is 2.27 bits per heavy atom. The lowest BCUT2D eigenvalue weighted by molar-refractivity contribution is 0.742. The summed E-state index contributed by atoms with van der Waals surface area (Å²) >= 11 is 0. The molecule has 0 unspecified atom stereocenters. The molecule has 0 bridgehead atoms. The predicted octanol–water partition coefficient (Wildman–Crippen LogP) is 1.95. The lowest BCUT2D eigenvalue weighted by Crippen LogP contribution is -2.03. The van der Waals surface area contributed by atoms with E-state index >= 15 is 0 Å². The Morgan fingerprint density at radius 3 is 3.13 bits per heavy atom. The van der Waals surface area contributed by atoms with E-state index in [4.69, 9.17) is 0 Å². The summed E-state index contributed by atoms with van der Waals surface area (Å²) in [5.74, 6) is 0.866. The van der Waals surface area contributed by atoms with Crippen molar-refractivity contribution in [3.8, 4) is 0 Å². The fourth-order valence-electron chi connectivity index (χ4n) is 1.49. The molecular weight excluding hydrogens is 190 g/mol. The number of hydrogen-bond donors (Lipinski definition) is 2. The molecule has 0 amide bonds. The average molecular weight is 205 g/mol. The number of aromatic nitrogens is 4. The third-order valence-corrected chi connectivity index (χ3v) is 2.32. The van der Waals surface area contributed by atoms with Gasteiger partial charge in [-0.1, -0.05) is 19.8 Å². The molecule has 2 aromatic heterocycles. The first-order valence-corrected chi connectivity index (χ1v) is 5.29. The van der Waals surface area contributed by atoms with E-state index < -0.39 is 0 Å². The number of unbranched alkanes of at least 4 members (excludes halogenated alkanes) is 2. The maximum absolute atomic E-state index is 4.19. The maximum atomic E-state index is 4.19. The van der Waals surface area contributed by atoms with Crippen LogP contribution in [0.25, 0.3) is 11.0 Å². The zero-order chi connectivity index (χ0) is 10.5. The van der Waals surface area contributed by atoms with Gasteiger partial charge in [-0.3, -0.25) is 5.10 Å². The minimum absolute atomic E-state index is 0.781. The molecule has 15 heavy (non-hydrogen) atoms. The Hall–Kier alpha value is -1.65. The van der Waals surface area contributed by atoms with E-state index in [2.05, 4.69) is 32.4 Å². The van der Waals surface area contributed by atoms with Crippen LogP contribution >= 0.6 is 0 Å². The molecule has 5 heteroatoms. The van der Waals surface area contributed by atoms with Crippen LogP contribution in [0.2, 0.25) is 0 Å². The van der Waals surface area contributed by atoms with Crippen LogP contribution in [0.4, 0.5) is 5.82 Å². The second-order valence-corrected chi connectivity index (χ2v) is 3.49. The average Bonchev–Trinajstić information content (AvgIpc) is 2.73. The smallest absolute Gasteiger partial charge is 0.160 e. The predicted molar refractivity (Wildman–Crippen MR) is 59.7 cm³/mol. The van der Waals surface area contributed by atoms with Crippen LogP contribution in [-0.2, 0) is 0 Å². The molecule has 0 aliphatic carbocycles. The normalized spacial score (nSPS) is 10.7. The Labute approximate surface area is 88.3 Å². The molecule has 0 fully saturated rings. The van der Waals surface area contributed by atoms with Crippen molar-refractivity contribution in [3.63, 3.8) is 0 Å². The molecule has 2 aromatic rings. The highest BCUT2D eigenvalue weighted by Gasteiger charge is 2.03. The topological polar surface area (TPSA) is 66.5 Å². The Morgan fingerprint density at radius 1 is 1.33 bits per heavy atom. The van der Waals surface area contributed by atoms with Crippen molar-refractivity contribution in [2.24, 2.45) is 0 Å². The second kappa shape index (κ2) is 4.72. The van der Waals surface area contributed by atoms with Gasteiger partial charge in [0.25, 0.3) is 0 Å². The molecule has 0 saturated heterocycles. The number of rotatable bonds is 5. The summed E-state index contributed by atoms with van der Waals surface area (Å²) in [6.45, 7) is 3.14. The van der Waals surface area contributed by atoms with Gasteiger partial charge in [0.15, 0.2) is 5.65 Å². The summed E-state index contributed by atoms with van der Waals surface area (Å²) in [4.78, 5) is 8.27. The molecule has 5 nitrogen and oxygen atoms in total. The SMILES string of the molecule is CCCCCNc1ncnc2[nH]ncc12. The van der Waals surface area contributed by atoms with E-state index in [-0.39, 0.29) is 0 Å². The molecule has 0 atom stereocenters. The lowest BCUT2D eigenvalue weighted by atomic mass is 10.2. The monoisotopic (exact) mass is 205 g/mol. The Bertz CT molecular complexity index is 422. The number of nitrogens with one attached hydrogen (secondary N) is 2. The fraction of sp³-hybridized carbons (Fsp3) is 0.500. The number of anilines is 1. The van der Waals surface area contributed by atoms with Crippen LogP contribution in [0.5, 0.6) is 0 Å². The zero-order valence-corrected chi connectivity index (χ0v) is 8.82. The van der Waals surface area contributed by atoms with E-state index in [1.54, 1.807) is 12.5 Å². The standard InChI is InChI=1S/C10H15N5/c1-2-3-4-5-11-9-8-6-14-15-10(8)13-7-12-9/h6-7H,2-5H2,1H3,(H2,11,12,13,14,15). The van der Waals surface area contributed by atoms with Crippen molar-refractivity contribution >= 4 is 16.9 Å². The molecule has 0 saturated carbocycles. The van der Waals surface area contributed by atoms with Crippen LogP contribution < -0.4 is 5.32 Å². The van der Waals surface area contributed by atoms with Crippen molar-refractivity contribution < 1.29 is 0 Å². The van der Waals surface area contributed by atoms with E-state index in [1.807, 2.05) is 0 Å². The lowest BCUT2D eigenvalue weighted by Gasteiger charge is -2.04. The van der Waals surface area contributed by atoms with Gasteiger partial charge < -0.3 is 5.32 Å². The first-order valence-electron chi connectivity index (χ1n) is 5.29. The van der Waals surface area contributed by atoms with Crippen LogP contribution in [0.3, 0.4) is 0 Å². The van der Waals surface area contributed by atoms with E-state index in [1.165, 1.54) is 19.3 Å². The zero-order valence-electron chi connectivity index (χ0n) is 8.82. The molecule has 80 valence electrons. The number of hydrogen-bond acceptors (Lipinski definition) is 4. The maximum Gasteiger partial charge on any atom is 0.160 e. The number of nitrogens with zero attached hydrogens (tertiary/aromatic N) is 3. The summed E-state index contributed by atoms with van der Waals surface area (Å²) in [5, 5.41) is 11.0. The number of aromatic amines is 1. The summed E-state index contributed by atoms with van der Waals surface area (Å²) in [6, 6.07) is 0. The Balaban J connectivity index is 2.04. The van der Waals surface area contributed by atoms with Crippen LogP contribution in [0, 0.1) is 0 Å². The molecule has 0 aliphatic rings. The molecule has 0 aliphatic heterocycles. The van der Waals surface area contributed by atoms with Gasteiger partial charge in [0.05, 0.1) is 11.6 Å². The molecular formula is C10H15N5. The van der Waals surface area contributed by atoms with Gasteiger partial charge in [0, 0.05) is 6.54 Å². The first-order chi connectivity index (χ1) is 7.42. The van der Waals surface area contributed by atoms with Gasteiger partial charge in [-0.25, -0.2) is 9.97 Å². The highest BCUT2D eigenvalue weighted by atomic mass is 15.2. The van der Waals surface area contributed by atoms with Crippen LogP contribution in [0.15, 0.2) is 12.5 Å². The molecule has 2 N–H and O–H groups in total. The van der Waals surface area contributed by atoms with E-state index in [0.717, 1.165) is 23.4 Å². The van der Waals surface area contributed by atoms with Crippen molar-refractivity contribution in [1.29, 1.82) is 0 Å². The number of fused-ring (bicyclic) bond motifs is 1. The molecule has 2 rings (SSSR count). The third-order valence-electron chi connectivity index (χ3n) is 2.32. The molecule has 0 radical (unpaired) electrons. The highest BCUT2D eigenvalue weighted by molar-refractivity contribution is 5.85. The second-order valence-electron chi connectivity index (χ2n) is 3.49. The van der Waals surface area contributed by atoms with Crippen molar-refractivity contribution in [1.82, 2.24) is 20.2 Å². The van der Waals surface area contributed by atoms with Gasteiger partial charge in [-0.2, -0.15) is 5.10 Å². The van der Waals surface area contributed by atoms with Gasteiger partial charge in [0.1, 0.15) is 12.1 Å². The minimum atomic E-state index is 0.781. The van der Waals surface area contributed by atoms with Gasteiger partial charge >= 0.3 is 0 Å². The quantitative estimate of drug-likeness (QED) is 0.732. The summed E-state index contributed by atoms with van der Waals surface area (Å²) in [6.07, 6.45) is 6.93. The largest absolute Gasteiger partial charge is 0.369 e. The molecule has 2 heterocycles. The van der Waals surface area contributed by atoms with E-state index in [0.29, 0.717) is 0 Å². The molecule has 0 spiro atoms. The minimum Gasteiger partial charge on any atom is -0.369 e. The molecule has 0 aromatic carbocycles. The fourth-order valence-corrected chi connectivity index (χ4v) is 1.49. The van der Waals surface area contributed by atoms with Crippen molar-refractivity contribution in [2.45, 2.75) is 26.2 Å². The van der Waals surface area contributed by atoms with Gasteiger partial charge in [-0.15, -0.1) is 0 Å². The first kappa shape index (κ1) is 9.89. The van der Waals surface area contributed by atoms with Crippen LogP contribution in [0.1, 0.15) is 26.2 Å². The summed E-state index contributed by atoms with van der Waals surface area (Å²) < 4.78 is 0. The summed E-state index contributed by atoms with van der Waals surface area (Å²) in [7, 11) is 0. The van der Waals surface area contributed by atoms with Crippen LogP contribution in [-0.4, -0.2) is 26.7 Å². The van der Waals surface area contributed by atoms with Gasteiger partial charge in [0.2, 0.25) is 0 Å².